The zero-order valence-electron chi connectivity index (χ0n) is 7.26. The maximum absolute atomic E-state index is 11.4. The Hall–Kier alpha value is -1.64. The molecule has 0 unspecified atom stereocenters. The summed E-state index contributed by atoms with van der Waals surface area (Å²) >= 11 is 0. The number of benzene rings is 1. The van der Waals surface area contributed by atoms with Crippen molar-refractivity contribution in [3.8, 4) is 0 Å². The van der Waals surface area contributed by atoms with Gasteiger partial charge in [-0.25, -0.2) is 0 Å². The second kappa shape index (κ2) is 2.42. The highest BCUT2D eigenvalue weighted by Crippen LogP contribution is 2.30. The van der Waals surface area contributed by atoms with E-state index in [1.54, 1.807) is 12.1 Å². The molecule has 0 spiro atoms. The van der Waals surface area contributed by atoms with Gasteiger partial charge in [0.05, 0.1) is 5.56 Å². The number of rotatable bonds is 1. The van der Waals surface area contributed by atoms with Crippen LogP contribution in [-0.4, -0.2) is 11.6 Å². The molecule has 1 aromatic rings. The van der Waals surface area contributed by atoms with Gasteiger partial charge >= 0.3 is 0 Å². The molecule has 0 radical (unpaired) electrons. The van der Waals surface area contributed by atoms with Gasteiger partial charge in [0.1, 0.15) is 0 Å². The maximum atomic E-state index is 11.4. The third-order valence-electron chi connectivity index (χ3n) is 2.38. The summed E-state index contributed by atoms with van der Waals surface area (Å²) in [6.45, 7) is 1.91. The van der Waals surface area contributed by atoms with E-state index in [0.717, 1.165) is 5.56 Å². The van der Waals surface area contributed by atoms with Crippen LogP contribution in [-0.2, 0) is 6.42 Å². The molecule has 1 aliphatic carbocycles. The Balaban J connectivity index is 2.81. The minimum Gasteiger partial charge on any atom is -0.398 e. The molecule has 0 atom stereocenters. The Kier molecular flexibility index (Phi) is 1.49. The summed E-state index contributed by atoms with van der Waals surface area (Å²) in [6, 6.07) is 3.25. The van der Waals surface area contributed by atoms with Crippen LogP contribution in [0, 0.1) is 0 Å². The molecule has 0 heterocycles. The van der Waals surface area contributed by atoms with Gasteiger partial charge in [0.25, 0.3) is 0 Å². The molecule has 0 amide bonds. The fourth-order valence-electron chi connectivity index (χ4n) is 1.75. The molecule has 0 fully saturated rings. The normalized spacial score (nSPS) is 13.9. The molecule has 2 N–H and O–H groups in total. The minimum atomic E-state index is -0.450. The van der Waals surface area contributed by atoms with Crippen LogP contribution >= 0.6 is 0 Å². The van der Waals surface area contributed by atoms with Crippen molar-refractivity contribution < 1.29 is 9.59 Å². The topological polar surface area (TPSA) is 60.2 Å². The third-order valence-corrected chi connectivity index (χ3v) is 2.38. The van der Waals surface area contributed by atoms with E-state index in [0.29, 0.717) is 23.2 Å². The van der Waals surface area contributed by atoms with Crippen LogP contribution in [0.25, 0.3) is 0 Å². The Bertz CT molecular complexity index is 421. The zero-order valence-corrected chi connectivity index (χ0v) is 7.26. The Labute approximate surface area is 75.5 Å². The molecule has 66 valence electrons. The third kappa shape index (κ3) is 0.840. The van der Waals surface area contributed by atoms with Gasteiger partial charge in [0, 0.05) is 11.3 Å². The highest BCUT2D eigenvalue weighted by Gasteiger charge is 2.33. The summed E-state index contributed by atoms with van der Waals surface area (Å²) < 4.78 is 0. The quantitative estimate of drug-likeness (QED) is 0.515. The second-order valence-corrected chi connectivity index (χ2v) is 3.07. The van der Waals surface area contributed by atoms with E-state index in [9.17, 15) is 9.59 Å². The number of carbonyl (C=O) groups is 2. The molecule has 13 heavy (non-hydrogen) atoms. The first kappa shape index (κ1) is 7.98. The van der Waals surface area contributed by atoms with E-state index < -0.39 is 11.6 Å². The second-order valence-electron chi connectivity index (χ2n) is 3.07. The first-order chi connectivity index (χ1) is 6.16. The number of ketones is 2. The number of carbonyl (C=O) groups excluding carboxylic acids is 2. The van der Waals surface area contributed by atoms with Crippen LogP contribution in [0.3, 0.4) is 0 Å². The van der Waals surface area contributed by atoms with Crippen LogP contribution in [0.1, 0.15) is 33.2 Å². The Morgan fingerprint density at radius 3 is 2.46 bits per heavy atom. The van der Waals surface area contributed by atoms with E-state index >= 15 is 0 Å². The number of anilines is 1. The van der Waals surface area contributed by atoms with Crippen molar-refractivity contribution in [1.29, 1.82) is 0 Å². The van der Waals surface area contributed by atoms with Gasteiger partial charge in [0.15, 0.2) is 0 Å². The lowest BCUT2D eigenvalue weighted by atomic mass is 10.0. The fourth-order valence-corrected chi connectivity index (χ4v) is 1.75. The van der Waals surface area contributed by atoms with E-state index in [2.05, 4.69) is 0 Å². The molecule has 0 aromatic heterocycles. The van der Waals surface area contributed by atoms with Crippen LogP contribution in [0.15, 0.2) is 12.1 Å². The lowest BCUT2D eigenvalue weighted by molar-refractivity contribution is 0.0826. The summed E-state index contributed by atoms with van der Waals surface area (Å²) in [6.07, 6.45) is 0.674. The molecule has 0 saturated heterocycles. The number of nitrogens with two attached hydrogens (primary N) is 1. The van der Waals surface area contributed by atoms with Crippen molar-refractivity contribution in [3.63, 3.8) is 0 Å². The monoisotopic (exact) mass is 175 g/mol. The van der Waals surface area contributed by atoms with Gasteiger partial charge in [-0.3, -0.25) is 9.59 Å². The van der Waals surface area contributed by atoms with Gasteiger partial charge < -0.3 is 5.73 Å². The molecule has 2 rings (SSSR count). The average Bonchev–Trinajstić information content (AvgIpc) is 2.31. The smallest absolute Gasteiger partial charge is 0.235 e. The molecule has 2 bridgehead atoms. The lowest BCUT2D eigenvalue weighted by Gasteiger charge is -2.01. The maximum Gasteiger partial charge on any atom is 0.235 e. The van der Waals surface area contributed by atoms with Gasteiger partial charge in [-0.15, -0.1) is 0 Å². The SMILES string of the molecule is CCc1c2ccc(N)c1C(=O)C2=O. The van der Waals surface area contributed by atoms with Crippen molar-refractivity contribution in [2.45, 2.75) is 13.3 Å². The highest BCUT2D eigenvalue weighted by molar-refractivity contribution is 6.54. The van der Waals surface area contributed by atoms with Crippen molar-refractivity contribution in [2.24, 2.45) is 0 Å². The molecule has 0 aliphatic heterocycles. The molecule has 1 aliphatic rings. The van der Waals surface area contributed by atoms with Crippen LogP contribution < -0.4 is 5.73 Å². The number of hydrogen-bond acceptors (Lipinski definition) is 3. The zero-order chi connectivity index (χ0) is 9.59. The van der Waals surface area contributed by atoms with Crippen LogP contribution in [0.4, 0.5) is 5.69 Å². The average molecular weight is 175 g/mol. The van der Waals surface area contributed by atoms with Crippen molar-refractivity contribution in [2.75, 3.05) is 5.73 Å². The van der Waals surface area contributed by atoms with Gasteiger partial charge in [-0.05, 0) is 24.1 Å². The lowest BCUT2D eigenvalue weighted by Crippen LogP contribution is -2.06. The molecular formula is C10H9NO2. The summed E-state index contributed by atoms with van der Waals surface area (Å²) in [7, 11) is 0. The molecule has 3 nitrogen and oxygen atoms in total. The van der Waals surface area contributed by atoms with E-state index in [4.69, 9.17) is 5.73 Å². The molecule has 0 saturated carbocycles. The summed E-state index contributed by atoms with van der Waals surface area (Å²) in [5.74, 6) is -0.863. The largest absolute Gasteiger partial charge is 0.398 e. The van der Waals surface area contributed by atoms with Crippen molar-refractivity contribution in [1.82, 2.24) is 0 Å². The predicted molar refractivity (Wildman–Crippen MR) is 48.9 cm³/mol. The number of nitrogen functional groups attached to an aromatic ring is 1. The highest BCUT2D eigenvalue weighted by atomic mass is 16.2. The van der Waals surface area contributed by atoms with Crippen LogP contribution in [0.5, 0.6) is 0 Å². The summed E-state index contributed by atoms with van der Waals surface area (Å²) in [4.78, 5) is 22.8. The fraction of sp³-hybridized carbons (Fsp3) is 0.200. The first-order valence-corrected chi connectivity index (χ1v) is 4.17. The Morgan fingerprint density at radius 2 is 1.92 bits per heavy atom. The number of Topliss-reactive ketones (excluding diaryl/α,β-unsaturated/α-hetero) is 2. The number of hydrogen-bond donors (Lipinski definition) is 1. The van der Waals surface area contributed by atoms with Gasteiger partial charge in [-0.1, -0.05) is 6.92 Å². The summed E-state index contributed by atoms with van der Waals surface area (Å²) in [5, 5.41) is 0. The van der Waals surface area contributed by atoms with Gasteiger partial charge in [0.2, 0.25) is 11.6 Å². The van der Waals surface area contributed by atoms with Gasteiger partial charge in [-0.2, -0.15) is 0 Å². The van der Waals surface area contributed by atoms with E-state index in [-0.39, 0.29) is 0 Å². The first-order valence-electron chi connectivity index (χ1n) is 4.17. The molecule has 3 heteroatoms. The number of fused-ring (bicyclic) bond motifs is 2. The standard InChI is InChI=1S/C10H9NO2/c1-2-5-6-3-4-7(11)8(5)10(13)9(6)12/h3-4H,2,11H2,1H3. The summed E-state index contributed by atoms with van der Waals surface area (Å²) in [5.41, 5.74) is 7.78. The van der Waals surface area contributed by atoms with E-state index in [1.807, 2.05) is 6.92 Å². The Morgan fingerprint density at radius 1 is 1.23 bits per heavy atom. The van der Waals surface area contributed by atoms with Crippen molar-refractivity contribution >= 4 is 17.3 Å². The minimum absolute atomic E-state index is 0.413. The van der Waals surface area contributed by atoms with Crippen molar-refractivity contribution in [3.05, 3.63) is 28.8 Å². The van der Waals surface area contributed by atoms with E-state index in [1.165, 1.54) is 0 Å². The van der Waals surface area contributed by atoms with Crippen LogP contribution in [0.2, 0.25) is 0 Å². The predicted octanol–water partition coefficient (Wildman–Crippen LogP) is 1.21. The molecule has 1 aromatic carbocycles. The molecular weight excluding hydrogens is 166 g/mol.